The molecule has 1 saturated heterocycles. The normalized spacial score (nSPS) is 27.4. The molecule has 9 nitrogen and oxygen atoms in total. The van der Waals surface area contributed by atoms with Crippen LogP contribution in [0.1, 0.15) is 39.6 Å². The van der Waals surface area contributed by atoms with Crippen molar-refractivity contribution in [1.29, 1.82) is 0 Å². The van der Waals surface area contributed by atoms with E-state index in [4.69, 9.17) is 0 Å². The first kappa shape index (κ1) is 20.8. The molecule has 9 heteroatoms. The minimum atomic E-state index is -2.28. The zero-order valence-electron chi connectivity index (χ0n) is 16.9. The molecule has 0 amide bonds. The van der Waals surface area contributed by atoms with Gasteiger partial charge in [0.2, 0.25) is 5.78 Å². The molecule has 0 saturated carbocycles. The van der Waals surface area contributed by atoms with Crippen LogP contribution in [-0.4, -0.2) is 51.5 Å². The van der Waals surface area contributed by atoms with Gasteiger partial charge in [0.05, 0.1) is 13.1 Å². The van der Waals surface area contributed by atoms with Crippen molar-refractivity contribution in [3.63, 3.8) is 0 Å². The highest BCUT2D eigenvalue weighted by Gasteiger charge is 2.77. The SMILES string of the molecule is CCN1CC2([N+](=O)[O-])C(=O)c3ccccc3C([N+](=O)[O-])(C1)C2CC(=O)c1ccccc1. The molecule has 160 valence electrons. The van der Waals surface area contributed by atoms with Crippen molar-refractivity contribution in [2.75, 3.05) is 19.6 Å². The van der Waals surface area contributed by atoms with Gasteiger partial charge >= 0.3 is 5.54 Å². The van der Waals surface area contributed by atoms with Crippen LogP contribution in [0.15, 0.2) is 54.6 Å². The molecule has 2 aliphatic rings. The first-order valence-electron chi connectivity index (χ1n) is 10.0. The lowest BCUT2D eigenvalue weighted by molar-refractivity contribution is -0.640. The minimum absolute atomic E-state index is 0.00457. The Labute approximate surface area is 178 Å². The summed E-state index contributed by atoms with van der Waals surface area (Å²) in [6.45, 7) is 1.66. The number of fused-ring (bicyclic) bond motifs is 4. The summed E-state index contributed by atoms with van der Waals surface area (Å²) in [5.41, 5.74) is -3.78. The van der Waals surface area contributed by atoms with E-state index in [-0.39, 0.29) is 24.2 Å². The van der Waals surface area contributed by atoms with E-state index in [1.54, 1.807) is 54.3 Å². The Morgan fingerprint density at radius 3 is 2.19 bits per heavy atom. The molecule has 2 aromatic carbocycles. The van der Waals surface area contributed by atoms with Crippen molar-refractivity contribution in [2.24, 2.45) is 5.92 Å². The maximum absolute atomic E-state index is 13.5. The van der Waals surface area contributed by atoms with Crippen LogP contribution in [0.4, 0.5) is 0 Å². The topological polar surface area (TPSA) is 124 Å². The number of hydrogen-bond donors (Lipinski definition) is 0. The van der Waals surface area contributed by atoms with Gasteiger partial charge in [0.15, 0.2) is 5.78 Å². The van der Waals surface area contributed by atoms with Crippen LogP contribution in [0.25, 0.3) is 0 Å². The summed E-state index contributed by atoms with van der Waals surface area (Å²) >= 11 is 0. The highest BCUT2D eigenvalue weighted by Crippen LogP contribution is 2.53. The maximum Gasteiger partial charge on any atom is 0.306 e. The minimum Gasteiger partial charge on any atom is -0.294 e. The van der Waals surface area contributed by atoms with Crippen molar-refractivity contribution in [2.45, 2.75) is 24.4 Å². The molecule has 1 heterocycles. The number of rotatable bonds is 6. The molecular weight excluding hydrogens is 402 g/mol. The number of piperidine rings is 1. The van der Waals surface area contributed by atoms with E-state index in [9.17, 15) is 29.8 Å². The molecule has 4 rings (SSSR count). The number of likely N-dealkylation sites (N-methyl/N-ethyl adjacent to an activating group) is 1. The van der Waals surface area contributed by atoms with Gasteiger partial charge in [0.25, 0.3) is 5.54 Å². The highest BCUT2D eigenvalue weighted by molar-refractivity contribution is 6.07. The third kappa shape index (κ3) is 2.80. The second kappa shape index (κ2) is 7.35. The molecule has 1 fully saturated rings. The Balaban J connectivity index is 1.99. The van der Waals surface area contributed by atoms with Crippen molar-refractivity contribution >= 4 is 11.6 Å². The molecule has 0 N–H and O–H groups in total. The number of nitro groups is 2. The van der Waals surface area contributed by atoms with Crippen LogP contribution < -0.4 is 0 Å². The molecule has 31 heavy (non-hydrogen) atoms. The summed E-state index contributed by atoms with van der Waals surface area (Å²) in [7, 11) is 0. The molecule has 2 aromatic rings. The van der Waals surface area contributed by atoms with E-state index < -0.39 is 44.8 Å². The number of Topliss-reactive ketones (excluding diaryl/α,β-unsaturated/α-hetero) is 2. The van der Waals surface area contributed by atoms with Crippen molar-refractivity contribution in [3.8, 4) is 0 Å². The van der Waals surface area contributed by atoms with Gasteiger partial charge in [-0.3, -0.25) is 34.7 Å². The third-order valence-electron chi connectivity index (χ3n) is 6.70. The fraction of sp³-hybridized carbons (Fsp3) is 0.364. The van der Waals surface area contributed by atoms with Gasteiger partial charge in [0, 0.05) is 33.0 Å². The summed E-state index contributed by atoms with van der Waals surface area (Å²) in [5.74, 6) is -2.64. The molecule has 2 bridgehead atoms. The van der Waals surface area contributed by atoms with Crippen molar-refractivity contribution < 1.29 is 19.4 Å². The second-order valence-electron chi connectivity index (χ2n) is 8.09. The fourth-order valence-corrected chi connectivity index (χ4v) is 5.19. The lowest BCUT2D eigenvalue weighted by Gasteiger charge is -2.50. The Hall–Kier alpha value is -3.46. The lowest BCUT2D eigenvalue weighted by Crippen LogP contribution is -2.75. The summed E-state index contributed by atoms with van der Waals surface area (Å²) in [6, 6.07) is 14.2. The van der Waals surface area contributed by atoms with Gasteiger partial charge in [-0.15, -0.1) is 0 Å². The standard InChI is InChI=1S/C22H21N3O6/c1-2-23-13-21(24(28)29)17-11-7-6-10-16(17)20(27)22(14-23,25(30)31)19(21)12-18(26)15-8-4-3-5-9-15/h3-11,19H,2,12-14H2,1H3. The number of hydrogen-bond acceptors (Lipinski definition) is 7. The van der Waals surface area contributed by atoms with Crippen LogP contribution in [0, 0.1) is 26.1 Å². The predicted molar refractivity (Wildman–Crippen MR) is 110 cm³/mol. The quantitative estimate of drug-likeness (QED) is 0.397. The van der Waals surface area contributed by atoms with Crippen LogP contribution in [0.2, 0.25) is 0 Å². The number of carbonyl (C=O) groups is 2. The van der Waals surface area contributed by atoms with Gasteiger partial charge in [0.1, 0.15) is 5.92 Å². The average Bonchev–Trinajstić information content (AvgIpc) is 2.78. The summed E-state index contributed by atoms with van der Waals surface area (Å²) in [4.78, 5) is 52.1. The van der Waals surface area contributed by atoms with Crippen LogP contribution in [-0.2, 0) is 5.54 Å². The van der Waals surface area contributed by atoms with Gasteiger partial charge in [-0.2, -0.15) is 0 Å². The lowest BCUT2D eigenvalue weighted by atomic mass is 9.56. The first-order valence-corrected chi connectivity index (χ1v) is 10.0. The van der Waals surface area contributed by atoms with E-state index in [1.165, 1.54) is 12.1 Å². The molecule has 1 aliphatic heterocycles. The second-order valence-corrected chi connectivity index (χ2v) is 8.09. The zero-order valence-corrected chi connectivity index (χ0v) is 16.9. The number of ketones is 2. The zero-order chi connectivity index (χ0) is 22.4. The average molecular weight is 423 g/mol. The Bertz CT molecular complexity index is 1090. The van der Waals surface area contributed by atoms with Crippen LogP contribution >= 0.6 is 0 Å². The summed E-state index contributed by atoms with van der Waals surface area (Å²) in [6.07, 6.45) is -0.469. The summed E-state index contributed by atoms with van der Waals surface area (Å²) in [5, 5.41) is 25.1. The van der Waals surface area contributed by atoms with E-state index in [0.717, 1.165) is 0 Å². The van der Waals surface area contributed by atoms with Gasteiger partial charge in [-0.25, -0.2) is 0 Å². The van der Waals surface area contributed by atoms with E-state index in [1.807, 2.05) is 0 Å². The number of likely N-dealkylation sites (tertiary alicyclic amines) is 1. The van der Waals surface area contributed by atoms with Gasteiger partial charge < -0.3 is 0 Å². The van der Waals surface area contributed by atoms with Crippen molar-refractivity contribution in [1.82, 2.24) is 4.90 Å². The molecule has 0 spiro atoms. The smallest absolute Gasteiger partial charge is 0.294 e. The van der Waals surface area contributed by atoms with Gasteiger partial charge in [-0.05, 0) is 6.54 Å². The first-order chi connectivity index (χ1) is 14.8. The van der Waals surface area contributed by atoms with Crippen molar-refractivity contribution in [3.05, 3.63) is 91.5 Å². The number of nitrogens with zero attached hydrogens (tertiary/aromatic N) is 3. The maximum atomic E-state index is 13.5. The largest absolute Gasteiger partial charge is 0.306 e. The monoisotopic (exact) mass is 423 g/mol. The van der Waals surface area contributed by atoms with Crippen LogP contribution in [0.5, 0.6) is 0 Å². The molecular formula is C22H21N3O6. The fourth-order valence-electron chi connectivity index (χ4n) is 5.19. The van der Waals surface area contributed by atoms with E-state index in [2.05, 4.69) is 0 Å². The third-order valence-corrected chi connectivity index (χ3v) is 6.70. The highest BCUT2D eigenvalue weighted by atomic mass is 16.6. The Morgan fingerprint density at radius 2 is 1.58 bits per heavy atom. The summed E-state index contributed by atoms with van der Waals surface area (Å²) < 4.78 is 0. The van der Waals surface area contributed by atoms with E-state index >= 15 is 0 Å². The number of carbonyl (C=O) groups excluding carboxylic acids is 2. The molecule has 3 atom stereocenters. The molecule has 3 unspecified atom stereocenters. The van der Waals surface area contributed by atoms with Crippen LogP contribution in [0.3, 0.4) is 0 Å². The Morgan fingerprint density at radius 1 is 1.00 bits per heavy atom. The molecule has 0 radical (unpaired) electrons. The van der Waals surface area contributed by atoms with E-state index in [0.29, 0.717) is 12.1 Å². The van der Waals surface area contributed by atoms with Gasteiger partial charge in [-0.1, -0.05) is 61.5 Å². The predicted octanol–water partition coefficient (Wildman–Crippen LogP) is 2.60. The molecule has 0 aromatic heterocycles. The molecule has 1 aliphatic carbocycles. The number of benzene rings is 2. The Kier molecular flexibility index (Phi) is 4.93.